The van der Waals surface area contributed by atoms with Gasteiger partial charge in [0.25, 0.3) is 0 Å². The fraction of sp³-hybridized carbons (Fsp3) is 0.524. The molecular formula is C21H26N6O2S. The van der Waals surface area contributed by atoms with E-state index in [1.165, 1.54) is 23.3 Å². The molecule has 0 aromatic carbocycles. The van der Waals surface area contributed by atoms with Crippen LogP contribution < -0.4 is 5.32 Å². The van der Waals surface area contributed by atoms with E-state index in [1.807, 2.05) is 24.9 Å². The molecule has 0 saturated carbocycles. The van der Waals surface area contributed by atoms with Gasteiger partial charge in [0, 0.05) is 24.2 Å². The number of carbonyl (C=O) groups is 1. The third kappa shape index (κ3) is 3.79. The number of hydrogen-bond acceptors (Lipinski definition) is 7. The SMILES string of the molecule is CC1CN(C(=O)Cn2cc(Nc3ncnc4sc5c(c34)CCCC5)cn2)CC(C)O1. The molecule has 1 aliphatic carbocycles. The summed E-state index contributed by atoms with van der Waals surface area (Å²) in [4.78, 5) is 26.0. The molecule has 8 nitrogen and oxygen atoms in total. The highest BCUT2D eigenvalue weighted by Gasteiger charge is 2.26. The molecular weight excluding hydrogens is 400 g/mol. The quantitative estimate of drug-likeness (QED) is 0.690. The van der Waals surface area contributed by atoms with Crippen molar-refractivity contribution < 1.29 is 9.53 Å². The Labute approximate surface area is 179 Å². The van der Waals surface area contributed by atoms with Crippen LogP contribution >= 0.6 is 11.3 Å². The lowest BCUT2D eigenvalue weighted by Gasteiger charge is -2.35. The number of nitrogens with one attached hydrogen (secondary N) is 1. The van der Waals surface area contributed by atoms with Crippen LogP contribution in [0.2, 0.25) is 0 Å². The van der Waals surface area contributed by atoms with Gasteiger partial charge < -0.3 is 15.0 Å². The van der Waals surface area contributed by atoms with Gasteiger partial charge in [-0.2, -0.15) is 5.10 Å². The number of rotatable bonds is 4. The smallest absolute Gasteiger partial charge is 0.244 e. The van der Waals surface area contributed by atoms with Crippen LogP contribution in [0.4, 0.5) is 11.5 Å². The summed E-state index contributed by atoms with van der Waals surface area (Å²) in [5.41, 5.74) is 2.21. The molecule has 1 saturated heterocycles. The highest BCUT2D eigenvalue weighted by molar-refractivity contribution is 7.19. The van der Waals surface area contributed by atoms with Gasteiger partial charge in [-0.15, -0.1) is 11.3 Å². The Bertz CT molecular complexity index is 1070. The summed E-state index contributed by atoms with van der Waals surface area (Å²) in [5, 5.41) is 8.91. The number of fused-ring (bicyclic) bond motifs is 3. The molecule has 0 spiro atoms. The van der Waals surface area contributed by atoms with Crippen LogP contribution in [-0.2, 0) is 28.9 Å². The molecule has 30 heavy (non-hydrogen) atoms. The minimum atomic E-state index is 0.0583. The molecule has 3 aromatic heterocycles. The van der Waals surface area contributed by atoms with Crippen molar-refractivity contribution in [3.8, 4) is 0 Å². The first-order valence-corrected chi connectivity index (χ1v) is 11.4. The van der Waals surface area contributed by atoms with Crippen LogP contribution in [0.1, 0.15) is 37.1 Å². The van der Waals surface area contributed by atoms with Crippen molar-refractivity contribution >= 4 is 39.0 Å². The number of ether oxygens (including phenoxy) is 1. The Morgan fingerprint density at radius 1 is 1.23 bits per heavy atom. The minimum Gasteiger partial charge on any atom is -0.372 e. The second-order valence-corrected chi connectivity index (χ2v) is 9.30. The number of thiophene rings is 1. The van der Waals surface area contributed by atoms with Crippen molar-refractivity contribution in [2.24, 2.45) is 0 Å². The average Bonchev–Trinajstić information content (AvgIpc) is 3.31. The van der Waals surface area contributed by atoms with Gasteiger partial charge in [-0.05, 0) is 45.1 Å². The summed E-state index contributed by atoms with van der Waals surface area (Å²) < 4.78 is 7.40. The van der Waals surface area contributed by atoms with Gasteiger partial charge in [0.2, 0.25) is 5.91 Å². The number of carbonyl (C=O) groups excluding carboxylic acids is 1. The lowest BCUT2D eigenvalue weighted by Crippen LogP contribution is -2.49. The largest absolute Gasteiger partial charge is 0.372 e. The van der Waals surface area contributed by atoms with Gasteiger partial charge in [-0.3, -0.25) is 9.48 Å². The summed E-state index contributed by atoms with van der Waals surface area (Å²) >= 11 is 1.78. The standard InChI is InChI=1S/C21H26N6O2S/c1-13-8-26(9-14(2)29-13)18(28)11-27-10-15(7-24-27)25-20-19-16-5-3-4-6-17(16)30-21(19)23-12-22-20/h7,10,12-14H,3-6,8-9,11H2,1-2H3,(H,22,23,25). The fourth-order valence-electron chi connectivity index (χ4n) is 4.46. The number of amides is 1. The zero-order valence-electron chi connectivity index (χ0n) is 17.3. The van der Waals surface area contributed by atoms with E-state index < -0.39 is 0 Å². The van der Waals surface area contributed by atoms with Crippen LogP contribution in [0.5, 0.6) is 0 Å². The summed E-state index contributed by atoms with van der Waals surface area (Å²) in [6.45, 7) is 5.46. The molecule has 9 heteroatoms. The summed E-state index contributed by atoms with van der Waals surface area (Å²) in [5.74, 6) is 0.879. The molecule has 0 bridgehead atoms. The Balaban J connectivity index is 1.32. The summed E-state index contributed by atoms with van der Waals surface area (Å²) in [6, 6.07) is 0. The van der Waals surface area contributed by atoms with Gasteiger partial charge in [0.15, 0.2) is 0 Å². The van der Waals surface area contributed by atoms with E-state index >= 15 is 0 Å². The number of hydrogen-bond donors (Lipinski definition) is 1. The summed E-state index contributed by atoms with van der Waals surface area (Å²) in [7, 11) is 0. The monoisotopic (exact) mass is 426 g/mol. The molecule has 1 fully saturated rings. The van der Waals surface area contributed by atoms with E-state index in [0.717, 1.165) is 34.6 Å². The second kappa shape index (κ2) is 7.96. The first kappa shape index (κ1) is 19.4. The van der Waals surface area contributed by atoms with Crippen LogP contribution in [-0.4, -0.2) is 55.9 Å². The van der Waals surface area contributed by atoms with E-state index in [1.54, 1.807) is 28.5 Å². The Kier molecular flexibility index (Phi) is 5.16. The molecule has 2 unspecified atom stereocenters. The first-order valence-electron chi connectivity index (χ1n) is 10.5. The number of aryl methyl sites for hydroxylation is 2. The maximum Gasteiger partial charge on any atom is 0.244 e. The van der Waals surface area contributed by atoms with Gasteiger partial charge in [-0.25, -0.2) is 9.97 Å². The van der Waals surface area contributed by atoms with E-state index in [4.69, 9.17) is 4.74 Å². The second-order valence-electron chi connectivity index (χ2n) is 8.22. The summed E-state index contributed by atoms with van der Waals surface area (Å²) in [6.07, 6.45) is 10.0. The minimum absolute atomic E-state index is 0.0583. The third-order valence-corrected chi connectivity index (χ3v) is 6.92. The predicted molar refractivity (Wildman–Crippen MR) is 116 cm³/mol. The molecule has 158 valence electrons. The first-order chi connectivity index (χ1) is 14.6. The molecule has 1 N–H and O–H groups in total. The van der Waals surface area contributed by atoms with Gasteiger partial charge in [-0.1, -0.05) is 0 Å². The fourth-order valence-corrected chi connectivity index (χ4v) is 5.69. The Morgan fingerprint density at radius 3 is 2.87 bits per heavy atom. The van der Waals surface area contributed by atoms with Crippen molar-refractivity contribution in [2.75, 3.05) is 18.4 Å². The van der Waals surface area contributed by atoms with Crippen molar-refractivity contribution in [3.63, 3.8) is 0 Å². The highest BCUT2D eigenvalue weighted by Crippen LogP contribution is 2.38. The zero-order valence-corrected chi connectivity index (χ0v) is 18.1. The van der Waals surface area contributed by atoms with Crippen molar-refractivity contribution in [1.82, 2.24) is 24.6 Å². The molecule has 2 atom stereocenters. The zero-order chi connectivity index (χ0) is 20.7. The van der Waals surface area contributed by atoms with Crippen LogP contribution in [0.25, 0.3) is 10.2 Å². The van der Waals surface area contributed by atoms with Crippen LogP contribution in [0.15, 0.2) is 18.7 Å². The normalized spacial score (nSPS) is 21.6. The van der Waals surface area contributed by atoms with Crippen molar-refractivity contribution in [3.05, 3.63) is 29.2 Å². The van der Waals surface area contributed by atoms with Gasteiger partial charge in [0.1, 0.15) is 23.5 Å². The van der Waals surface area contributed by atoms with Crippen molar-refractivity contribution in [1.29, 1.82) is 0 Å². The lowest BCUT2D eigenvalue weighted by molar-refractivity contribution is -0.144. The highest BCUT2D eigenvalue weighted by atomic mass is 32.1. The van der Waals surface area contributed by atoms with Gasteiger partial charge >= 0.3 is 0 Å². The molecule has 1 amide bonds. The van der Waals surface area contributed by atoms with Gasteiger partial charge in [0.05, 0.1) is 29.5 Å². The molecule has 0 radical (unpaired) electrons. The maximum atomic E-state index is 12.7. The Morgan fingerprint density at radius 2 is 2.03 bits per heavy atom. The van der Waals surface area contributed by atoms with Crippen LogP contribution in [0.3, 0.4) is 0 Å². The van der Waals surface area contributed by atoms with Crippen LogP contribution in [0, 0.1) is 0 Å². The van der Waals surface area contributed by atoms with E-state index in [-0.39, 0.29) is 24.7 Å². The maximum absolute atomic E-state index is 12.7. The van der Waals surface area contributed by atoms with E-state index in [9.17, 15) is 4.79 Å². The number of anilines is 2. The van der Waals surface area contributed by atoms with E-state index in [0.29, 0.717) is 13.1 Å². The number of morpholine rings is 1. The number of aromatic nitrogens is 4. The predicted octanol–water partition coefficient (Wildman–Crippen LogP) is 3.15. The molecule has 5 rings (SSSR count). The molecule has 3 aromatic rings. The topological polar surface area (TPSA) is 85.2 Å². The molecule has 4 heterocycles. The number of nitrogens with zero attached hydrogens (tertiary/aromatic N) is 5. The Hall–Kier alpha value is -2.52. The third-order valence-electron chi connectivity index (χ3n) is 5.72. The lowest BCUT2D eigenvalue weighted by atomic mass is 9.97. The molecule has 1 aliphatic heterocycles. The van der Waals surface area contributed by atoms with E-state index in [2.05, 4.69) is 20.4 Å². The molecule has 2 aliphatic rings. The average molecular weight is 427 g/mol. The van der Waals surface area contributed by atoms with Crippen molar-refractivity contribution in [2.45, 2.75) is 58.3 Å².